The number of nitrogens with one attached hydrogen (secondary N) is 3. The van der Waals surface area contributed by atoms with E-state index in [9.17, 15) is 45.5 Å². The molecule has 3 heterocycles. The minimum atomic E-state index is -5.22. The second kappa shape index (κ2) is 37.9. The summed E-state index contributed by atoms with van der Waals surface area (Å²) in [5.74, 6) is -17.0. The van der Waals surface area contributed by atoms with Crippen molar-refractivity contribution in [3.63, 3.8) is 0 Å². The summed E-state index contributed by atoms with van der Waals surface area (Å²) in [6, 6.07) is -11.4. The molecule has 7 aliphatic rings. The van der Waals surface area contributed by atoms with Crippen LogP contribution in [0.3, 0.4) is 0 Å². The van der Waals surface area contributed by atoms with E-state index in [4.69, 9.17) is 4.74 Å². The summed E-state index contributed by atoms with van der Waals surface area (Å²) in [6.07, 6.45) is -15.1. The van der Waals surface area contributed by atoms with Crippen LogP contribution >= 0.6 is 0 Å². The van der Waals surface area contributed by atoms with E-state index in [1.807, 2.05) is 13.8 Å². The molecule has 4 saturated carbocycles. The Labute approximate surface area is 635 Å². The molecule has 3 aliphatic heterocycles. The van der Waals surface area contributed by atoms with Crippen LogP contribution in [0.15, 0.2) is 11.6 Å². The van der Waals surface area contributed by atoms with Crippen LogP contribution in [0.25, 0.3) is 0 Å². The molecular formula is C76H118F8N12O13. The molecule has 0 radical (unpaired) electrons. The SMILES string of the molecule is CCO[C@@H]1C[C@H]2C(=O)NC3(CCC3)C(=O)N(C)[C@@H](C3CCCC3)C(=O)N(C)[C@H](C(=O)N(C)C)CC(=O)N(CC)[C@@H](CC(C)C)C(=O)N[C@@H]([C@@H](C)CC)C(=O)N(C)CC(=O)N(C)[C@H]3CC(C)=CCN(C3=O)[C@@H](CC3CCC(C(F)(F)F)CC3)C(=O)N(C)CC(=O)N[C@@H](CCC3CC(F)C(C(F)(F)F)C(F)C3)C(=O)N2C1. The van der Waals surface area contributed by atoms with Crippen molar-refractivity contribution >= 4 is 70.9 Å². The maximum atomic E-state index is 15.6. The number of alkyl halides is 8. The zero-order valence-corrected chi connectivity index (χ0v) is 65.9. The number of rotatable bonds is 14. The highest BCUT2D eigenvalue weighted by Crippen LogP contribution is 2.46. The van der Waals surface area contributed by atoms with E-state index in [1.165, 1.54) is 68.9 Å². The van der Waals surface area contributed by atoms with Crippen molar-refractivity contribution in [2.75, 3.05) is 88.7 Å². The molecule has 6 fully saturated rings. The second-order valence-electron chi connectivity index (χ2n) is 32.5. The van der Waals surface area contributed by atoms with Crippen LogP contribution in [0.4, 0.5) is 35.1 Å². The molecule has 3 N–H and O–H groups in total. The van der Waals surface area contributed by atoms with Crippen LogP contribution in [-0.2, 0) is 62.3 Å². The summed E-state index contributed by atoms with van der Waals surface area (Å²) in [7, 11) is 9.53. The van der Waals surface area contributed by atoms with Crippen molar-refractivity contribution in [1.82, 2.24) is 60.0 Å². The normalized spacial score (nSPS) is 31.5. The number of carbonyl (C=O) groups excluding carboxylic acids is 12. The van der Waals surface area contributed by atoms with E-state index in [1.54, 1.807) is 40.7 Å². The molecule has 4 aliphatic carbocycles. The summed E-state index contributed by atoms with van der Waals surface area (Å²) in [5, 5.41) is 8.44. The van der Waals surface area contributed by atoms with Gasteiger partial charge in [0.05, 0.1) is 31.5 Å². The van der Waals surface area contributed by atoms with Crippen LogP contribution in [0.1, 0.15) is 183 Å². The molecule has 1 spiro atoms. The highest BCUT2D eigenvalue weighted by Gasteiger charge is 2.56. The van der Waals surface area contributed by atoms with Crippen molar-refractivity contribution in [1.29, 1.82) is 0 Å². The molecule has 2 saturated heterocycles. The van der Waals surface area contributed by atoms with Gasteiger partial charge in [0.15, 0.2) is 0 Å². The quantitative estimate of drug-likeness (QED) is 0.120. The second-order valence-corrected chi connectivity index (χ2v) is 32.5. The predicted octanol–water partition coefficient (Wildman–Crippen LogP) is 6.74. The van der Waals surface area contributed by atoms with Crippen LogP contribution in [0.2, 0.25) is 0 Å². The van der Waals surface area contributed by atoms with Crippen LogP contribution in [0.5, 0.6) is 0 Å². The van der Waals surface area contributed by atoms with E-state index in [0.717, 1.165) is 24.5 Å². The van der Waals surface area contributed by atoms with Gasteiger partial charge in [-0.3, -0.25) is 57.5 Å². The third kappa shape index (κ3) is 21.5. The first-order chi connectivity index (χ1) is 51.0. The third-order valence-electron chi connectivity index (χ3n) is 24.2. The Morgan fingerprint density at radius 3 is 1.81 bits per heavy atom. The molecule has 0 aromatic heterocycles. The fraction of sp³-hybridized carbons (Fsp3) is 0.816. The van der Waals surface area contributed by atoms with Crippen molar-refractivity contribution in [2.24, 2.45) is 41.4 Å². The smallest absolute Gasteiger partial charge is 0.377 e. The van der Waals surface area contributed by atoms with E-state index in [0.29, 0.717) is 44.1 Å². The summed E-state index contributed by atoms with van der Waals surface area (Å²) >= 11 is 0. The molecule has 7 rings (SSSR count). The molecular weight excluding hydrogens is 1440 g/mol. The van der Waals surface area contributed by atoms with Gasteiger partial charge in [-0.1, -0.05) is 58.6 Å². The van der Waals surface area contributed by atoms with Gasteiger partial charge >= 0.3 is 12.4 Å². The minimum Gasteiger partial charge on any atom is -0.377 e. The monoisotopic (exact) mass is 1560 g/mol. The molecule has 109 heavy (non-hydrogen) atoms. The Hall–Kier alpha value is -7.22. The van der Waals surface area contributed by atoms with Gasteiger partial charge in [0.1, 0.15) is 72.1 Å². The van der Waals surface area contributed by atoms with Crippen LogP contribution in [-0.4, -0.2) is 288 Å². The Morgan fingerprint density at radius 2 is 1.27 bits per heavy atom. The largest absolute Gasteiger partial charge is 0.397 e. The lowest BCUT2D eigenvalue weighted by Gasteiger charge is -2.46. The highest BCUT2D eigenvalue weighted by molar-refractivity contribution is 6.01. The lowest BCUT2D eigenvalue weighted by Crippen LogP contribution is -2.68. The number of hydrogen-bond donors (Lipinski definition) is 3. The van der Waals surface area contributed by atoms with Crippen LogP contribution in [0, 0.1) is 41.4 Å². The number of fused-ring (bicyclic) bond motifs is 3. The molecule has 0 aromatic rings. The first-order valence-corrected chi connectivity index (χ1v) is 39.0. The first-order valence-electron chi connectivity index (χ1n) is 39.0. The zero-order valence-electron chi connectivity index (χ0n) is 65.9. The lowest BCUT2D eigenvalue weighted by molar-refractivity contribution is -0.219. The molecule has 616 valence electrons. The summed E-state index contributed by atoms with van der Waals surface area (Å²) in [5.41, 5.74) is -1.11. The highest BCUT2D eigenvalue weighted by atomic mass is 19.4. The first kappa shape index (κ1) is 89.0. The van der Waals surface area contributed by atoms with Crippen molar-refractivity contribution in [3.05, 3.63) is 11.6 Å². The Morgan fingerprint density at radius 1 is 0.651 bits per heavy atom. The van der Waals surface area contributed by atoms with Crippen molar-refractivity contribution < 1.29 is 97.4 Å². The van der Waals surface area contributed by atoms with E-state index >= 15 is 47.1 Å². The summed E-state index contributed by atoms with van der Waals surface area (Å²) < 4.78 is 121. The number of amides is 12. The molecule has 2 bridgehead atoms. The van der Waals surface area contributed by atoms with Crippen molar-refractivity contribution in [3.8, 4) is 0 Å². The van der Waals surface area contributed by atoms with Crippen LogP contribution < -0.4 is 16.0 Å². The number of hydrogen-bond acceptors (Lipinski definition) is 13. The van der Waals surface area contributed by atoms with Gasteiger partial charge in [-0.05, 0) is 153 Å². The summed E-state index contributed by atoms with van der Waals surface area (Å²) in [4.78, 5) is 192. The van der Waals surface area contributed by atoms with Gasteiger partial charge in [0.25, 0.3) is 0 Å². The molecule has 2 unspecified atom stereocenters. The van der Waals surface area contributed by atoms with Gasteiger partial charge in [0, 0.05) is 82.0 Å². The average Bonchev–Trinajstić information content (AvgIpc) is 1.69. The Kier molecular flexibility index (Phi) is 30.9. The fourth-order valence-electron chi connectivity index (χ4n) is 17.3. The van der Waals surface area contributed by atoms with E-state index in [-0.39, 0.29) is 103 Å². The number of halogens is 8. The van der Waals surface area contributed by atoms with Gasteiger partial charge in [-0.15, -0.1) is 0 Å². The standard InChI is InChI=1S/C76H118F8N12O13/c1-15-45(7)63-71(106)90(11)42-61(99)91(12)56-34-44(6)29-32-95(70(56)105)58(37-46-23-26-49(27-24-46)75(79,80)81)69(104)89(10)41-59(97)85-53(28-25-47-35-51(77)62(52(78)36-47)76(82,83)84)67(102)96-40-50(109-17-3)38-55(96)66(101)87-74(30-20-31-74)73(108)93(14)64(48-21-18-19-22-48)72(107)92(13)57(68(103)88(8)9)39-60(98)94(16-2)54(33-43(4)5)65(100)86-63/h29,43,45-58,62-64H,15-28,30-42H2,1-14H3,(H,85,97)(H,86,100)(H,87,101)/t45-,46?,47?,49?,50+,51?,52?,53-,54-,55-,56-,57-,58-,62?,63-,64-/m0/s1. The Bertz CT molecular complexity index is 3280. The van der Waals surface area contributed by atoms with E-state index < -0.39 is 230 Å². The maximum Gasteiger partial charge on any atom is 0.397 e. The molecule has 33 heteroatoms. The number of carbonyl (C=O) groups is 12. The maximum absolute atomic E-state index is 15.6. The fourth-order valence-corrected chi connectivity index (χ4v) is 17.3. The number of nitrogens with zero attached hydrogens (tertiary/aromatic N) is 9. The van der Waals surface area contributed by atoms with Crippen molar-refractivity contribution in [2.45, 2.75) is 268 Å². The topological polar surface area (TPSA) is 279 Å². The zero-order chi connectivity index (χ0) is 81.2. The van der Waals surface area contributed by atoms with E-state index in [2.05, 4.69) is 16.0 Å². The number of likely N-dealkylation sites (N-methyl/N-ethyl adjacent to an activating group) is 7. The van der Waals surface area contributed by atoms with Gasteiger partial charge in [0.2, 0.25) is 70.9 Å². The third-order valence-corrected chi connectivity index (χ3v) is 24.2. The van der Waals surface area contributed by atoms with Gasteiger partial charge < -0.3 is 64.8 Å². The molecule has 12 atom stereocenters. The van der Waals surface area contributed by atoms with Gasteiger partial charge in [-0.2, -0.15) is 26.3 Å². The Balaban J connectivity index is 1.33. The molecule has 0 aromatic carbocycles. The molecule has 12 amide bonds. The molecule has 25 nitrogen and oxygen atoms in total. The summed E-state index contributed by atoms with van der Waals surface area (Å²) in [6.45, 7) is 10.0. The van der Waals surface area contributed by atoms with Gasteiger partial charge in [-0.25, -0.2) is 8.78 Å². The number of ether oxygens (including phenoxy) is 1. The lowest BCUT2D eigenvalue weighted by atomic mass is 9.74. The predicted molar refractivity (Wildman–Crippen MR) is 386 cm³/mol. The average molecular weight is 1560 g/mol. The minimum absolute atomic E-state index is 0.00991.